The molecule has 0 saturated carbocycles. The van der Waals surface area contributed by atoms with E-state index in [1.807, 2.05) is 13.8 Å². The summed E-state index contributed by atoms with van der Waals surface area (Å²) >= 11 is 0. The molecule has 0 aromatic carbocycles. The van der Waals surface area contributed by atoms with Gasteiger partial charge >= 0.3 is 5.97 Å². The smallest absolute Gasteiger partial charge is 0.325 e. The van der Waals surface area contributed by atoms with Crippen molar-refractivity contribution in [1.82, 2.24) is 10.4 Å². The molecule has 1 rings (SSSR count). The molecule has 5 nitrogen and oxygen atoms in total. The number of hydrogen-bond donors (Lipinski definition) is 2. The van der Waals surface area contributed by atoms with Gasteiger partial charge in [-0.25, -0.2) is 0 Å². The van der Waals surface area contributed by atoms with E-state index in [0.717, 1.165) is 25.9 Å². The molecule has 1 aliphatic rings. The van der Waals surface area contributed by atoms with Crippen molar-refractivity contribution in [3.8, 4) is 0 Å². The van der Waals surface area contributed by atoms with Crippen molar-refractivity contribution in [3.05, 3.63) is 0 Å². The fraction of sp³-hybridized carbons (Fsp3) is 0.917. The Hall–Kier alpha value is -0.650. The molecule has 1 fully saturated rings. The molecule has 1 aliphatic heterocycles. The van der Waals surface area contributed by atoms with Crippen molar-refractivity contribution in [2.75, 3.05) is 20.1 Å². The van der Waals surface area contributed by atoms with E-state index >= 15 is 0 Å². The standard InChI is InChI=1S/C12H24N2O3/c1-9(12(16)10(2)13-3)8-11(15)17-14-6-4-5-7-14/h9-10,12-13,16H,4-8H2,1-3H3/t9-,10+,12-/m1/s1. The quantitative estimate of drug-likeness (QED) is 0.714. The first-order valence-electron chi connectivity index (χ1n) is 6.35. The number of nitrogens with one attached hydrogen (secondary N) is 1. The first kappa shape index (κ1) is 14.4. The molecule has 0 spiro atoms. The van der Waals surface area contributed by atoms with E-state index in [0.29, 0.717) is 0 Å². The minimum Gasteiger partial charge on any atom is -0.391 e. The van der Waals surface area contributed by atoms with Gasteiger partial charge in [-0.1, -0.05) is 6.92 Å². The number of carbonyl (C=O) groups is 1. The third-order valence-electron chi connectivity index (χ3n) is 3.34. The first-order valence-corrected chi connectivity index (χ1v) is 6.35. The van der Waals surface area contributed by atoms with Gasteiger partial charge in [-0.15, -0.1) is 5.06 Å². The van der Waals surface area contributed by atoms with E-state index in [4.69, 9.17) is 4.84 Å². The average Bonchev–Trinajstić information content (AvgIpc) is 2.79. The van der Waals surface area contributed by atoms with Crippen LogP contribution >= 0.6 is 0 Å². The van der Waals surface area contributed by atoms with Crippen LogP contribution in [0.2, 0.25) is 0 Å². The topological polar surface area (TPSA) is 61.8 Å². The maximum absolute atomic E-state index is 11.6. The highest BCUT2D eigenvalue weighted by Gasteiger charge is 2.24. The molecular formula is C12H24N2O3. The van der Waals surface area contributed by atoms with E-state index in [1.54, 1.807) is 12.1 Å². The summed E-state index contributed by atoms with van der Waals surface area (Å²) in [5.41, 5.74) is 0. The van der Waals surface area contributed by atoms with Crippen molar-refractivity contribution in [2.24, 2.45) is 5.92 Å². The van der Waals surface area contributed by atoms with Crippen molar-refractivity contribution in [2.45, 2.75) is 45.3 Å². The van der Waals surface area contributed by atoms with Gasteiger partial charge in [0.05, 0.1) is 12.5 Å². The van der Waals surface area contributed by atoms with Gasteiger partial charge in [0.2, 0.25) is 0 Å². The molecule has 0 bridgehead atoms. The maximum atomic E-state index is 11.6. The van der Waals surface area contributed by atoms with Gasteiger partial charge in [-0.2, -0.15) is 0 Å². The number of rotatable bonds is 6. The molecule has 1 saturated heterocycles. The van der Waals surface area contributed by atoms with E-state index in [1.165, 1.54) is 0 Å². The minimum atomic E-state index is -0.536. The van der Waals surface area contributed by atoms with Gasteiger partial charge in [0.1, 0.15) is 0 Å². The molecule has 1 heterocycles. The van der Waals surface area contributed by atoms with Crippen LogP contribution in [0.25, 0.3) is 0 Å². The second kappa shape index (κ2) is 6.93. The minimum absolute atomic E-state index is 0.0235. The Kier molecular flexibility index (Phi) is 5.88. The summed E-state index contributed by atoms with van der Waals surface area (Å²) in [5, 5.41) is 14.6. The lowest BCUT2D eigenvalue weighted by molar-refractivity contribution is -0.187. The largest absolute Gasteiger partial charge is 0.391 e. The van der Waals surface area contributed by atoms with Gasteiger partial charge in [-0.3, -0.25) is 4.79 Å². The molecule has 17 heavy (non-hydrogen) atoms. The van der Waals surface area contributed by atoms with Crippen LogP contribution < -0.4 is 5.32 Å². The third-order valence-corrected chi connectivity index (χ3v) is 3.34. The van der Waals surface area contributed by atoms with Crippen LogP contribution in [0.3, 0.4) is 0 Å². The van der Waals surface area contributed by atoms with Gasteiger partial charge < -0.3 is 15.3 Å². The van der Waals surface area contributed by atoms with E-state index in [-0.39, 0.29) is 24.3 Å². The van der Waals surface area contributed by atoms with Crippen molar-refractivity contribution >= 4 is 5.97 Å². The molecular weight excluding hydrogens is 220 g/mol. The first-order chi connectivity index (χ1) is 8.04. The Morgan fingerprint density at radius 3 is 2.53 bits per heavy atom. The number of likely N-dealkylation sites (N-methyl/N-ethyl adjacent to an activating group) is 1. The summed E-state index contributed by atoms with van der Waals surface area (Å²) in [5.74, 6) is -0.352. The lowest BCUT2D eigenvalue weighted by Gasteiger charge is -2.24. The second-order valence-electron chi connectivity index (χ2n) is 4.85. The van der Waals surface area contributed by atoms with Crippen molar-refractivity contribution < 1.29 is 14.7 Å². The lowest BCUT2D eigenvalue weighted by Crippen LogP contribution is -2.40. The van der Waals surface area contributed by atoms with E-state index < -0.39 is 6.10 Å². The molecule has 0 radical (unpaired) electrons. The predicted molar refractivity (Wildman–Crippen MR) is 65.2 cm³/mol. The zero-order valence-corrected chi connectivity index (χ0v) is 11.0. The molecule has 0 amide bonds. The van der Waals surface area contributed by atoms with Crippen LogP contribution in [0, 0.1) is 5.92 Å². The van der Waals surface area contributed by atoms with Gasteiger partial charge in [-0.05, 0) is 32.7 Å². The SMILES string of the molecule is CN[C@@H](C)[C@H](O)[C@H](C)CC(=O)ON1CCCC1. The van der Waals surface area contributed by atoms with Gasteiger partial charge in [0.25, 0.3) is 0 Å². The highest BCUT2D eigenvalue weighted by molar-refractivity contribution is 5.69. The molecule has 0 unspecified atom stereocenters. The summed E-state index contributed by atoms with van der Waals surface area (Å²) < 4.78 is 0. The maximum Gasteiger partial charge on any atom is 0.325 e. The molecule has 2 N–H and O–H groups in total. The zero-order chi connectivity index (χ0) is 12.8. The molecule has 0 aromatic heterocycles. The summed E-state index contributed by atoms with van der Waals surface area (Å²) in [7, 11) is 1.79. The van der Waals surface area contributed by atoms with Crippen LogP contribution in [0.1, 0.15) is 33.1 Å². The Bertz CT molecular complexity index is 242. The van der Waals surface area contributed by atoms with Gasteiger partial charge in [0, 0.05) is 19.1 Å². The van der Waals surface area contributed by atoms with Crippen molar-refractivity contribution in [3.63, 3.8) is 0 Å². The molecule has 0 aromatic rings. The van der Waals surface area contributed by atoms with Gasteiger partial charge in [0.15, 0.2) is 0 Å². The highest BCUT2D eigenvalue weighted by atomic mass is 16.7. The summed E-state index contributed by atoms with van der Waals surface area (Å²) in [6.45, 7) is 5.42. The van der Waals surface area contributed by atoms with Crippen molar-refractivity contribution in [1.29, 1.82) is 0 Å². The normalized spacial score (nSPS) is 22.1. The number of nitrogens with zero attached hydrogens (tertiary/aromatic N) is 1. The fourth-order valence-electron chi connectivity index (χ4n) is 2.01. The van der Waals surface area contributed by atoms with Crippen LogP contribution in [0.5, 0.6) is 0 Å². The number of carbonyl (C=O) groups excluding carboxylic acids is 1. The Labute approximate surface area is 103 Å². The molecule has 5 heteroatoms. The fourth-order valence-corrected chi connectivity index (χ4v) is 2.01. The predicted octanol–water partition coefficient (Wildman–Crippen LogP) is 0.535. The van der Waals surface area contributed by atoms with Crippen LogP contribution in [0.15, 0.2) is 0 Å². The number of aliphatic hydroxyl groups is 1. The summed E-state index contributed by atoms with van der Waals surface area (Å²) in [6, 6.07) is -0.0235. The van der Waals surface area contributed by atoms with Crippen LogP contribution in [-0.4, -0.2) is 48.4 Å². The Morgan fingerprint density at radius 2 is 2.00 bits per heavy atom. The average molecular weight is 244 g/mol. The molecule has 3 atom stereocenters. The summed E-state index contributed by atoms with van der Waals surface area (Å²) in [6.07, 6.45) is 1.89. The molecule has 100 valence electrons. The number of hydroxylamine groups is 2. The van der Waals surface area contributed by atoms with E-state index in [2.05, 4.69) is 5.32 Å². The Morgan fingerprint density at radius 1 is 1.41 bits per heavy atom. The Balaban J connectivity index is 2.29. The third kappa shape index (κ3) is 4.61. The van der Waals surface area contributed by atoms with Crippen LogP contribution in [0.4, 0.5) is 0 Å². The van der Waals surface area contributed by atoms with E-state index in [9.17, 15) is 9.90 Å². The molecule has 0 aliphatic carbocycles. The lowest BCUT2D eigenvalue weighted by atomic mass is 9.96. The second-order valence-corrected chi connectivity index (χ2v) is 4.85. The number of aliphatic hydroxyl groups excluding tert-OH is 1. The van der Waals surface area contributed by atoms with Crippen LogP contribution in [-0.2, 0) is 9.63 Å². The number of hydrogen-bond acceptors (Lipinski definition) is 5. The summed E-state index contributed by atoms with van der Waals surface area (Å²) in [4.78, 5) is 16.8. The highest BCUT2D eigenvalue weighted by Crippen LogP contribution is 2.14. The monoisotopic (exact) mass is 244 g/mol. The zero-order valence-electron chi connectivity index (χ0n) is 11.0.